The van der Waals surface area contributed by atoms with E-state index in [0.717, 1.165) is 11.8 Å². The van der Waals surface area contributed by atoms with Crippen molar-refractivity contribution in [3.05, 3.63) is 29.1 Å². The first kappa shape index (κ1) is 8.35. The van der Waals surface area contributed by atoms with Crippen LogP contribution in [0.15, 0.2) is 12.3 Å². The molecule has 2 rings (SSSR count). The second-order valence-corrected chi connectivity index (χ2v) is 3.38. The van der Waals surface area contributed by atoms with Crippen molar-refractivity contribution >= 4 is 6.29 Å². The van der Waals surface area contributed by atoms with Crippen LogP contribution in [0.4, 0.5) is 4.39 Å². The summed E-state index contributed by atoms with van der Waals surface area (Å²) in [5.74, 6) is -0.0677. The van der Waals surface area contributed by atoms with Crippen LogP contribution in [0.2, 0.25) is 0 Å². The molecule has 1 heterocycles. The molecule has 1 fully saturated rings. The van der Waals surface area contributed by atoms with E-state index in [0.29, 0.717) is 17.7 Å². The zero-order valence-electron chi connectivity index (χ0n) is 7.33. The predicted molar refractivity (Wildman–Crippen MR) is 46.6 cm³/mol. The molecule has 0 spiro atoms. The van der Waals surface area contributed by atoms with Crippen LogP contribution in [-0.2, 0) is 0 Å². The maximum absolute atomic E-state index is 12.8. The molecule has 0 aliphatic heterocycles. The fourth-order valence-electron chi connectivity index (χ4n) is 1.56. The molecule has 0 N–H and O–H groups in total. The summed E-state index contributed by atoms with van der Waals surface area (Å²) >= 11 is 0. The zero-order valence-corrected chi connectivity index (χ0v) is 7.33. The largest absolute Gasteiger partial charge is 0.298 e. The lowest BCUT2D eigenvalue weighted by Gasteiger charge is -2.03. The highest BCUT2D eigenvalue weighted by atomic mass is 19.1. The molecule has 2 atom stereocenters. The normalized spacial score (nSPS) is 25.7. The molecule has 1 aromatic heterocycles. The Morgan fingerprint density at radius 2 is 2.38 bits per heavy atom. The number of nitrogens with zero attached hydrogens (tertiary/aromatic N) is 1. The molecule has 1 aliphatic rings. The fraction of sp³-hybridized carbons (Fsp3) is 0.400. The lowest BCUT2D eigenvalue weighted by molar-refractivity contribution is 0.112. The highest BCUT2D eigenvalue weighted by Crippen LogP contribution is 2.44. The van der Waals surface area contributed by atoms with Gasteiger partial charge in [-0.05, 0) is 25.0 Å². The molecule has 0 radical (unpaired) electrons. The summed E-state index contributed by atoms with van der Waals surface area (Å²) in [6.45, 7) is 1.77. The van der Waals surface area contributed by atoms with E-state index in [2.05, 4.69) is 4.98 Å². The van der Waals surface area contributed by atoms with Crippen molar-refractivity contribution in [3.63, 3.8) is 0 Å². The number of rotatable bonds is 2. The molecule has 1 aromatic rings. The topological polar surface area (TPSA) is 30.0 Å². The van der Waals surface area contributed by atoms with E-state index >= 15 is 0 Å². The van der Waals surface area contributed by atoms with Gasteiger partial charge in [-0.1, -0.05) is 0 Å². The Morgan fingerprint density at radius 3 is 2.92 bits per heavy atom. The summed E-state index contributed by atoms with van der Waals surface area (Å²) in [5, 5.41) is 0. The van der Waals surface area contributed by atoms with Crippen molar-refractivity contribution in [2.75, 3.05) is 0 Å². The molecule has 0 amide bonds. The van der Waals surface area contributed by atoms with Gasteiger partial charge >= 0.3 is 0 Å². The standard InChI is InChI=1S/C10H10FNO/c1-6-9(5-13)7(2-3-12-6)8-4-10(8)11/h2-3,5,8,10H,4H2,1H3. The van der Waals surface area contributed by atoms with E-state index in [1.807, 2.05) is 0 Å². The second kappa shape index (κ2) is 2.91. The zero-order chi connectivity index (χ0) is 9.42. The van der Waals surface area contributed by atoms with E-state index in [9.17, 15) is 9.18 Å². The molecule has 0 saturated heterocycles. The van der Waals surface area contributed by atoms with Crippen LogP contribution < -0.4 is 0 Å². The Bertz CT molecular complexity index is 351. The van der Waals surface area contributed by atoms with Crippen molar-refractivity contribution in [1.29, 1.82) is 0 Å². The van der Waals surface area contributed by atoms with E-state index in [-0.39, 0.29) is 5.92 Å². The van der Waals surface area contributed by atoms with Crippen LogP contribution in [0.3, 0.4) is 0 Å². The van der Waals surface area contributed by atoms with Gasteiger partial charge in [-0.3, -0.25) is 9.78 Å². The van der Waals surface area contributed by atoms with Crippen LogP contribution in [-0.4, -0.2) is 17.4 Å². The monoisotopic (exact) mass is 179 g/mol. The van der Waals surface area contributed by atoms with Crippen LogP contribution in [0.1, 0.15) is 34.0 Å². The van der Waals surface area contributed by atoms with E-state index in [1.54, 1.807) is 19.2 Å². The van der Waals surface area contributed by atoms with Gasteiger partial charge in [0, 0.05) is 23.4 Å². The fourth-order valence-corrected chi connectivity index (χ4v) is 1.56. The van der Waals surface area contributed by atoms with Gasteiger partial charge in [0.15, 0.2) is 6.29 Å². The second-order valence-electron chi connectivity index (χ2n) is 3.38. The quantitative estimate of drug-likeness (QED) is 0.650. The van der Waals surface area contributed by atoms with E-state index < -0.39 is 6.17 Å². The van der Waals surface area contributed by atoms with Gasteiger partial charge in [0.05, 0.1) is 0 Å². The Kier molecular flexibility index (Phi) is 1.87. The molecule has 2 nitrogen and oxygen atoms in total. The van der Waals surface area contributed by atoms with Gasteiger partial charge in [-0.25, -0.2) is 4.39 Å². The molecule has 68 valence electrons. The third kappa shape index (κ3) is 1.34. The molecule has 0 bridgehead atoms. The summed E-state index contributed by atoms with van der Waals surface area (Å²) < 4.78 is 12.8. The molecule has 3 heteroatoms. The molecule has 0 aromatic carbocycles. The average molecular weight is 179 g/mol. The van der Waals surface area contributed by atoms with Crippen molar-refractivity contribution < 1.29 is 9.18 Å². The SMILES string of the molecule is Cc1nccc(C2CC2F)c1C=O. The Labute approximate surface area is 75.8 Å². The molecule has 2 unspecified atom stereocenters. The van der Waals surface area contributed by atoms with Crippen LogP contribution in [0, 0.1) is 6.92 Å². The Hall–Kier alpha value is -1.25. The minimum absolute atomic E-state index is 0.0677. The summed E-state index contributed by atoms with van der Waals surface area (Å²) in [7, 11) is 0. The molecule has 1 saturated carbocycles. The van der Waals surface area contributed by atoms with Gasteiger partial charge in [0.2, 0.25) is 0 Å². The number of carbonyl (C=O) groups excluding carboxylic acids is 1. The lowest BCUT2D eigenvalue weighted by Crippen LogP contribution is -1.97. The summed E-state index contributed by atoms with van der Waals surface area (Å²) in [6.07, 6.45) is 2.18. The van der Waals surface area contributed by atoms with Gasteiger partial charge in [-0.2, -0.15) is 0 Å². The Balaban J connectivity index is 2.44. The minimum atomic E-state index is -0.763. The highest BCUT2D eigenvalue weighted by Gasteiger charge is 2.40. The van der Waals surface area contributed by atoms with Gasteiger partial charge < -0.3 is 0 Å². The maximum atomic E-state index is 12.8. The van der Waals surface area contributed by atoms with Crippen molar-refractivity contribution in [2.45, 2.75) is 25.4 Å². The first-order valence-corrected chi connectivity index (χ1v) is 4.28. The number of aldehydes is 1. The minimum Gasteiger partial charge on any atom is -0.298 e. The maximum Gasteiger partial charge on any atom is 0.152 e. The van der Waals surface area contributed by atoms with Crippen LogP contribution in [0.5, 0.6) is 0 Å². The smallest absolute Gasteiger partial charge is 0.152 e. The van der Waals surface area contributed by atoms with Gasteiger partial charge in [0.25, 0.3) is 0 Å². The third-order valence-corrected chi connectivity index (χ3v) is 2.45. The number of carbonyl (C=O) groups is 1. The first-order valence-electron chi connectivity index (χ1n) is 4.28. The molecule has 1 aliphatic carbocycles. The van der Waals surface area contributed by atoms with Crippen LogP contribution in [0.25, 0.3) is 0 Å². The number of hydrogen-bond donors (Lipinski definition) is 0. The Morgan fingerprint density at radius 1 is 1.69 bits per heavy atom. The number of halogens is 1. The molecular formula is C10H10FNO. The number of aromatic nitrogens is 1. The number of hydrogen-bond acceptors (Lipinski definition) is 2. The van der Waals surface area contributed by atoms with Crippen molar-refractivity contribution in [2.24, 2.45) is 0 Å². The van der Waals surface area contributed by atoms with Crippen molar-refractivity contribution in [3.8, 4) is 0 Å². The number of pyridine rings is 1. The lowest BCUT2D eigenvalue weighted by atomic mass is 10.0. The summed E-state index contributed by atoms with van der Waals surface area (Å²) in [6, 6.07) is 1.74. The molecular weight excluding hydrogens is 169 g/mol. The summed E-state index contributed by atoms with van der Waals surface area (Å²) in [5.41, 5.74) is 2.06. The summed E-state index contributed by atoms with van der Waals surface area (Å²) in [4.78, 5) is 14.7. The molecule has 13 heavy (non-hydrogen) atoms. The van der Waals surface area contributed by atoms with Crippen LogP contribution >= 0.6 is 0 Å². The highest BCUT2D eigenvalue weighted by molar-refractivity contribution is 5.79. The van der Waals surface area contributed by atoms with Crippen molar-refractivity contribution in [1.82, 2.24) is 4.98 Å². The van der Waals surface area contributed by atoms with Gasteiger partial charge in [0.1, 0.15) is 6.17 Å². The average Bonchev–Trinajstić information content (AvgIpc) is 2.82. The number of aryl methyl sites for hydroxylation is 1. The number of alkyl halides is 1. The third-order valence-electron chi connectivity index (χ3n) is 2.45. The van der Waals surface area contributed by atoms with E-state index in [4.69, 9.17) is 0 Å². The van der Waals surface area contributed by atoms with Gasteiger partial charge in [-0.15, -0.1) is 0 Å². The van der Waals surface area contributed by atoms with E-state index in [1.165, 1.54) is 0 Å². The first-order chi connectivity index (χ1) is 6.24. The predicted octanol–water partition coefficient (Wildman–Crippen LogP) is 2.03.